The Labute approximate surface area is 164 Å². The van der Waals surface area contributed by atoms with Crippen LogP contribution >= 0.6 is 11.3 Å². The van der Waals surface area contributed by atoms with Crippen molar-refractivity contribution in [2.24, 2.45) is 0 Å². The van der Waals surface area contributed by atoms with Crippen molar-refractivity contribution in [2.75, 3.05) is 20.6 Å². The lowest BCUT2D eigenvalue weighted by atomic mass is 10.1. The molecule has 1 amide bonds. The molecule has 0 radical (unpaired) electrons. The fourth-order valence-corrected chi connectivity index (χ4v) is 3.84. The molecule has 0 bridgehead atoms. The zero-order chi connectivity index (χ0) is 19.2. The van der Waals surface area contributed by atoms with E-state index in [1.807, 2.05) is 69.6 Å². The number of hydrogen-bond donors (Lipinski definition) is 1. The Balaban J connectivity index is 1.71. The van der Waals surface area contributed by atoms with Gasteiger partial charge >= 0.3 is 0 Å². The number of carbonyl (C=O) groups excluding carboxylic acids is 1. The monoisotopic (exact) mass is 379 g/mol. The maximum absolute atomic E-state index is 12.9. The SMILES string of the molecule is Cc1nc(-c2ccccc2)c(C(=O)NCC(Cc2ccccc2)N(C)C)s1. The van der Waals surface area contributed by atoms with Gasteiger partial charge in [0.2, 0.25) is 0 Å². The van der Waals surface area contributed by atoms with Gasteiger partial charge in [0.25, 0.3) is 5.91 Å². The van der Waals surface area contributed by atoms with E-state index in [-0.39, 0.29) is 11.9 Å². The molecule has 3 aromatic rings. The quantitative estimate of drug-likeness (QED) is 0.674. The summed E-state index contributed by atoms with van der Waals surface area (Å²) in [7, 11) is 4.10. The Morgan fingerprint density at radius 1 is 1.07 bits per heavy atom. The minimum Gasteiger partial charge on any atom is -0.350 e. The predicted octanol–water partition coefficient (Wildman–Crippen LogP) is 4.02. The molecule has 2 aromatic carbocycles. The molecule has 5 heteroatoms. The third-order valence-corrected chi connectivity index (χ3v) is 5.50. The van der Waals surface area contributed by atoms with E-state index < -0.39 is 0 Å². The summed E-state index contributed by atoms with van der Waals surface area (Å²) in [4.78, 5) is 20.3. The third-order valence-electron chi connectivity index (χ3n) is 4.53. The van der Waals surface area contributed by atoms with Gasteiger partial charge in [0.15, 0.2) is 0 Å². The van der Waals surface area contributed by atoms with Crippen LogP contribution in [0.3, 0.4) is 0 Å². The van der Waals surface area contributed by atoms with Crippen LogP contribution in [-0.2, 0) is 6.42 Å². The number of nitrogens with one attached hydrogen (secondary N) is 1. The van der Waals surface area contributed by atoms with Gasteiger partial charge in [0, 0.05) is 18.2 Å². The molecule has 1 aromatic heterocycles. The Hall–Kier alpha value is -2.50. The molecule has 1 N–H and O–H groups in total. The second-order valence-electron chi connectivity index (χ2n) is 6.79. The molecular formula is C22H25N3OS. The van der Waals surface area contributed by atoms with Crippen molar-refractivity contribution >= 4 is 17.2 Å². The van der Waals surface area contributed by atoms with E-state index in [2.05, 4.69) is 27.3 Å². The predicted molar refractivity (Wildman–Crippen MR) is 112 cm³/mol. The first-order valence-corrected chi connectivity index (χ1v) is 9.87. The molecule has 0 aliphatic rings. The van der Waals surface area contributed by atoms with Crippen molar-refractivity contribution in [3.05, 3.63) is 76.1 Å². The van der Waals surface area contributed by atoms with Crippen LogP contribution in [0.5, 0.6) is 0 Å². The van der Waals surface area contributed by atoms with Gasteiger partial charge in [-0.25, -0.2) is 4.98 Å². The van der Waals surface area contributed by atoms with Gasteiger partial charge in [-0.15, -0.1) is 11.3 Å². The minimum absolute atomic E-state index is 0.0561. The smallest absolute Gasteiger partial charge is 0.263 e. The average molecular weight is 380 g/mol. The van der Waals surface area contributed by atoms with Gasteiger partial charge in [-0.3, -0.25) is 4.79 Å². The van der Waals surface area contributed by atoms with E-state index in [4.69, 9.17) is 0 Å². The molecule has 0 aliphatic carbocycles. The number of carbonyl (C=O) groups is 1. The molecule has 0 fully saturated rings. The molecule has 0 spiro atoms. The van der Waals surface area contributed by atoms with Gasteiger partial charge in [0.05, 0.1) is 10.7 Å². The highest BCUT2D eigenvalue weighted by Crippen LogP contribution is 2.27. The maximum atomic E-state index is 12.9. The van der Waals surface area contributed by atoms with Crippen molar-refractivity contribution in [1.29, 1.82) is 0 Å². The highest BCUT2D eigenvalue weighted by Gasteiger charge is 2.20. The van der Waals surface area contributed by atoms with Gasteiger partial charge in [-0.05, 0) is 33.0 Å². The van der Waals surface area contributed by atoms with E-state index in [0.717, 1.165) is 22.7 Å². The van der Waals surface area contributed by atoms with Crippen LogP contribution in [-0.4, -0.2) is 42.5 Å². The second-order valence-corrected chi connectivity index (χ2v) is 8.00. The van der Waals surface area contributed by atoms with Crippen LogP contribution in [0.4, 0.5) is 0 Å². The Morgan fingerprint density at radius 2 is 1.70 bits per heavy atom. The summed E-state index contributed by atoms with van der Waals surface area (Å²) >= 11 is 1.44. The highest BCUT2D eigenvalue weighted by atomic mass is 32.1. The lowest BCUT2D eigenvalue weighted by Crippen LogP contribution is -2.41. The number of amides is 1. The number of aryl methyl sites for hydroxylation is 1. The van der Waals surface area contributed by atoms with Crippen LogP contribution in [0.25, 0.3) is 11.3 Å². The van der Waals surface area contributed by atoms with Gasteiger partial charge in [0.1, 0.15) is 4.88 Å². The standard InChI is InChI=1S/C22H25N3OS/c1-16-24-20(18-12-8-5-9-13-18)21(27-16)22(26)23-15-19(25(2)3)14-17-10-6-4-7-11-17/h4-13,19H,14-15H2,1-3H3,(H,23,26). The molecule has 27 heavy (non-hydrogen) atoms. The van der Waals surface area contributed by atoms with E-state index in [9.17, 15) is 4.79 Å². The molecule has 140 valence electrons. The zero-order valence-corrected chi connectivity index (χ0v) is 16.8. The van der Waals surface area contributed by atoms with E-state index in [1.54, 1.807) is 0 Å². The fourth-order valence-electron chi connectivity index (χ4n) is 2.99. The normalized spacial score (nSPS) is 12.1. The summed E-state index contributed by atoms with van der Waals surface area (Å²) in [5, 5.41) is 4.01. The van der Waals surface area contributed by atoms with Crippen molar-refractivity contribution in [2.45, 2.75) is 19.4 Å². The summed E-state index contributed by atoms with van der Waals surface area (Å²) in [6.07, 6.45) is 0.890. The van der Waals surface area contributed by atoms with Crippen molar-refractivity contribution in [3.8, 4) is 11.3 Å². The molecule has 3 rings (SSSR count). The van der Waals surface area contributed by atoms with Crippen LogP contribution < -0.4 is 5.32 Å². The number of likely N-dealkylation sites (N-methyl/N-ethyl adjacent to an activating group) is 1. The largest absolute Gasteiger partial charge is 0.350 e. The molecule has 0 saturated carbocycles. The number of hydrogen-bond acceptors (Lipinski definition) is 4. The third kappa shape index (κ3) is 5.02. The van der Waals surface area contributed by atoms with E-state index in [0.29, 0.717) is 11.4 Å². The molecular weight excluding hydrogens is 354 g/mol. The maximum Gasteiger partial charge on any atom is 0.263 e. The summed E-state index contributed by atoms with van der Waals surface area (Å²) in [5.41, 5.74) is 3.00. The number of rotatable bonds is 7. The molecule has 1 heterocycles. The Kier molecular flexibility index (Phi) is 6.37. The Morgan fingerprint density at radius 3 is 2.33 bits per heavy atom. The molecule has 0 aliphatic heterocycles. The van der Waals surface area contributed by atoms with Crippen LogP contribution in [0, 0.1) is 6.92 Å². The minimum atomic E-state index is -0.0561. The first-order chi connectivity index (χ1) is 13.0. The second kappa shape index (κ2) is 8.93. The average Bonchev–Trinajstić information content (AvgIpc) is 3.08. The first-order valence-electron chi connectivity index (χ1n) is 9.06. The lowest BCUT2D eigenvalue weighted by Gasteiger charge is -2.24. The van der Waals surface area contributed by atoms with Gasteiger partial charge in [-0.1, -0.05) is 60.7 Å². The van der Waals surface area contributed by atoms with Crippen LogP contribution in [0.1, 0.15) is 20.2 Å². The van der Waals surface area contributed by atoms with Crippen molar-refractivity contribution in [1.82, 2.24) is 15.2 Å². The summed E-state index contributed by atoms with van der Waals surface area (Å²) in [6, 6.07) is 20.5. The molecule has 4 nitrogen and oxygen atoms in total. The Bertz CT molecular complexity index is 875. The molecule has 0 saturated heterocycles. The van der Waals surface area contributed by atoms with E-state index in [1.165, 1.54) is 16.9 Å². The highest BCUT2D eigenvalue weighted by molar-refractivity contribution is 7.14. The number of benzene rings is 2. The van der Waals surface area contributed by atoms with Crippen molar-refractivity contribution < 1.29 is 4.79 Å². The number of aromatic nitrogens is 1. The lowest BCUT2D eigenvalue weighted by molar-refractivity contribution is 0.0946. The van der Waals surface area contributed by atoms with Gasteiger partial charge < -0.3 is 10.2 Å². The number of nitrogens with zero attached hydrogens (tertiary/aromatic N) is 2. The topological polar surface area (TPSA) is 45.2 Å². The van der Waals surface area contributed by atoms with E-state index >= 15 is 0 Å². The summed E-state index contributed by atoms with van der Waals surface area (Å²) in [6.45, 7) is 2.53. The number of thiazole rings is 1. The van der Waals surface area contributed by atoms with Crippen LogP contribution in [0.15, 0.2) is 60.7 Å². The fraction of sp³-hybridized carbons (Fsp3) is 0.273. The van der Waals surface area contributed by atoms with Crippen molar-refractivity contribution in [3.63, 3.8) is 0 Å². The zero-order valence-electron chi connectivity index (χ0n) is 16.0. The summed E-state index contributed by atoms with van der Waals surface area (Å²) in [5.74, 6) is -0.0561. The van der Waals surface area contributed by atoms with Crippen LogP contribution in [0.2, 0.25) is 0 Å². The summed E-state index contributed by atoms with van der Waals surface area (Å²) < 4.78 is 0. The molecule has 1 unspecified atom stereocenters. The van der Waals surface area contributed by atoms with Gasteiger partial charge in [-0.2, -0.15) is 0 Å². The first kappa shape index (κ1) is 19.3. The molecule has 1 atom stereocenters.